The maximum atomic E-state index is 13.4. The van der Waals surface area contributed by atoms with Crippen LogP contribution in [0.15, 0.2) is 36.4 Å². The number of benzene rings is 2. The van der Waals surface area contributed by atoms with Crippen LogP contribution in [0.5, 0.6) is 5.75 Å². The molecule has 0 spiro atoms. The molecular formula is C20H18FN3O2. The van der Waals surface area contributed by atoms with Crippen LogP contribution in [0, 0.1) is 5.82 Å². The Hall–Kier alpha value is -2.89. The van der Waals surface area contributed by atoms with Crippen molar-refractivity contribution in [2.75, 3.05) is 13.2 Å². The van der Waals surface area contributed by atoms with E-state index in [1.165, 1.54) is 12.1 Å². The molecule has 0 bridgehead atoms. The number of hydrogen-bond donors (Lipinski definition) is 1. The predicted octanol–water partition coefficient (Wildman–Crippen LogP) is 3.61. The molecule has 2 aliphatic rings. The van der Waals surface area contributed by atoms with Crippen LogP contribution in [-0.2, 0) is 6.42 Å². The number of aromatic nitrogens is 2. The Morgan fingerprint density at radius 3 is 3.12 bits per heavy atom. The van der Waals surface area contributed by atoms with Gasteiger partial charge in [0.05, 0.1) is 23.7 Å². The molecule has 2 aliphatic heterocycles. The van der Waals surface area contributed by atoms with Crippen molar-refractivity contribution in [2.24, 2.45) is 0 Å². The molecule has 3 aromatic rings. The van der Waals surface area contributed by atoms with Gasteiger partial charge in [0.2, 0.25) is 0 Å². The zero-order valence-electron chi connectivity index (χ0n) is 14.2. The molecule has 26 heavy (non-hydrogen) atoms. The number of aromatic amines is 1. The molecule has 0 aliphatic carbocycles. The first-order valence-corrected chi connectivity index (χ1v) is 8.91. The molecule has 0 saturated carbocycles. The summed E-state index contributed by atoms with van der Waals surface area (Å²) in [5.41, 5.74) is 3.15. The second-order valence-electron chi connectivity index (χ2n) is 6.86. The first kappa shape index (κ1) is 15.4. The second kappa shape index (κ2) is 5.83. The SMILES string of the molecule is O=C(c1ccc2c(c1)CCO2)N1CCC[C@@H]1c1nc2ccc(F)cc2[nH]1. The van der Waals surface area contributed by atoms with E-state index in [2.05, 4.69) is 9.97 Å². The van der Waals surface area contributed by atoms with Crippen molar-refractivity contribution >= 4 is 16.9 Å². The van der Waals surface area contributed by atoms with Crippen LogP contribution in [0.4, 0.5) is 4.39 Å². The van der Waals surface area contributed by atoms with E-state index >= 15 is 0 Å². The minimum atomic E-state index is -0.299. The maximum Gasteiger partial charge on any atom is 0.254 e. The van der Waals surface area contributed by atoms with Crippen LogP contribution in [0.2, 0.25) is 0 Å². The molecule has 0 unspecified atom stereocenters. The average Bonchev–Trinajstić information content (AvgIpc) is 3.37. The summed E-state index contributed by atoms with van der Waals surface area (Å²) in [5, 5.41) is 0. The van der Waals surface area contributed by atoms with E-state index in [0.717, 1.165) is 41.9 Å². The van der Waals surface area contributed by atoms with Gasteiger partial charge in [0.1, 0.15) is 17.4 Å². The number of fused-ring (bicyclic) bond motifs is 2. The van der Waals surface area contributed by atoms with Gasteiger partial charge in [-0.3, -0.25) is 4.79 Å². The van der Waals surface area contributed by atoms with E-state index in [9.17, 15) is 9.18 Å². The minimum absolute atomic E-state index is 0.00818. The van der Waals surface area contributed by atoms with Gasteiger partial charge in [0, 0.05) is 18.5 Å². The number of rotatable bonds is 2. The fraction of sp³-hybridized carbons (Fsp3) is 0.300. The summed E-state index contributed by atoms with van der Waals surface area (Å²) in [4.78, 5) is 22.7. The Labute approximate surface area is 149 Å². The highest BCUT2D eigenvalue weighted by Crippen LogP contribution is 2.34. The first-order valence-electron chi connectivity index (χ1n) is 8.91. The molecule has 3 heterocycles. The fourth-order valence-electron chi connectivity index (χ4n) is 3.94. The summed E-state index contributed by atoms with van der Waals surface area (Å²) >= 11 is 0. The first-order chi connectivity index (χ1) is 12.7. The quantitative estimate of drug-likeness (QED) is 0.767. The highest BCUT2D eigenvalue weighted by atomic mass is 19.1. The van der Waals surface area contributed by atoms with Crippen LogP contribution >= 0.6 is 0 Å². The molecule has 1 fully saturated rings. The summed E-state index contributed by atoms with van der Waals surface area (Å²) in [5.74, 6) is 1.31. The summed E-state index contributed by atoms with van der Waals surface area (Å²) in [6, 6.07) is 10.0. The minimum Gasteiger partial charge on any atom is -0.493 e. The molecular weight excluding hydrogens is 333 g/mol. The third-order valence-electron chi connectivity index (χ3n) is 5.23. The summed E-state index contributed by atoms with van der Waals surface area (Å²) < 4.78 is 19.0. The predicted molar refractivity (Wildman–Crippen MR) is 94.7 cm³/mol. The number of carbonyl (C=O) groups excluding carboxylic acids is 1. The van der Waals surface area contributed by atoms with Gasteiger partial charge < -0.3 is 14.6 Å². The Morgan fingerprint density at radius 2 is 2.19 bits per heavy atom. The van der Waals surface area contributed by atoms with Crippen LogP contribution < -0.4 is 4.74 Å². The zero-order chi connectivity index (χ0) is 17.7. The van der Waals surface area contributed by atoms with Crippen molar-refractivity contribution in [3.8, 4) is 5.75 Å². The van der Waals surface area contributed by atoms with E-state index in [0.29, 0.717) is 24.2 Å². The lowest BCUT2D eigenvalue weighted by molar-refractivity contribution is 0.0730. The van der Waals surface area contributed by atoms with Crippen LogP contribution in [0.1, 0.15) is 40.6 Å². The van der Waals surface area contributed by atoms with Gasteiger partial charge in [-0.15, -0.1) is 0 Å². The largest absolute Gasteiger partial charge is 0.493 e. The molecule has 5 rings (SSSR count). The molecule has 1 aromatic heterocycles. The Balaban J connectivity index is 1.46. The Kier molecular flexibility index (Phi) is 3.45. The molecule has 5 nitrogen and oxygen atoms in total. The van der Waals surface area contributed by atoms with Crippen molar-refractivity contribution in [1.82, 2.24) is 14.9 Å². The van der Waals surface area contributed by atoms with Crippen molar-refractivity contribution in [3.05, 3.63) is 59.2 Å². The average molecular weight is 351 g/mol. The molecule has 2 aromatic carbocycles. The second-order valence-corrected chi connectivity index (χ2v) is 6.86. The molecule has 6 heteroatoms. The number of nitrogens with one attached hydrogen (secondary N) is 1. The fourth-order valence-corrected chi connectivity index (χ4v) is 3.94. The van der Waals surface area contributed by atoms with Gasteiger partial charge in [0.15, 0.2) is 0 Å². The molecule has 1 saturated heterocycles. The maximum absolute atomic E-state index is 13.4. The molecule has 132 valence electrons. The lowest BCUT2D eigenvalue weighted by atomic mass is 10.1. The van der Waals surface area contributed by atoms with Crippen molar-refractivity contribution in [3.63, 3.8) is 0 Å². The summed E-state index contributed by atoms with van der Waals surface area (Å²) in [6.07, 6.45) is 2.62. The van der Waals surface area contributed by atoms with E-state index in [1.54, 1.807) is 6.07 Å². The van der Waals surface area contributed by atoms with Crippen LogP contribution in [0.3, 0.4) is 0 Å². The zero-order valence-corrected chi connectivity index (χ0v) is 14.2. The number of nitrogens with zero attached hydrogens (tertiary/aromatic N) is 2. The molecule has 1 amide bonds. The molecule has 1 atom stereocenters. The number of amides is 1. The number of carbonyl (C=O) groups is 1. The highest BCUT2D eigenvalue weighted by molar-refractivity contribution is 5.95. The number of imidazole rings is 1. The van der Waals surface area contributed by atoms with Crippen molar-refractivity contribution in [1.29, 1.82) is 0 Å². The highest BCUT2D eigenvalue weighted by Gasteiger charge is 2.33. The third kappa shape index (κ3) is 2.44. The Bertz CT molecular complexity index is 1010. The van der Waals surface area contributed by atoms with Gasteiger partial charge in [0.25, 0.3) is 5.91 Å². The van der Waals surface area contributed by atoms with E-state index in [4.69, 9.17) is 4.74 Å². The topological polar surface area (TPSA) is 58.2 Å². The molecule has 1 N–H and O–H groups in total. The van der Waals surface area contributed by atoms with Gasteiger partial charge in [-0.05, 0) is 54.8 Å². The van der Waals surface area contributed by atoms with Gasteiger partial charge in [-0.1, -0.05) is 0 Å². The van der Waals surface area contributed by atoms with E-state index < -0.39 is 0 Å². The van der Waals surface area contributed by atoms with Crippen LogP contribution in [0.25, 0.3) is 11.0 Å². The van der Waals surface area contributed by atoms with E-state index in [1.807, 2.05) is 23.1 Å². The van der Waals surface area contributed by atoms with Gasteiger partial charge >= 0.3 is 0 Å². The normalized spacial score (nSPS) is 19.0. The van der Waals surface area contributed by atoms with E-state index in [-0.39, 0.29) is 17.8 Å². The van der Waals surface area contributed by atoms with Gasteiger partial charge in [-0.25, -0.2) is 9.37 Å². The van der Waals surface area contributed by atoms with Crippen LogP contribution in [-0.4, -0.2) is 33.9 Å². The number of halogens is 1. The summed E-state index contributed by atoms with van der Waals surface area (Å²) in [6.45, 7) is 1.37. The summed E-state index contributed by atoms with van der Waals surface area (Å²) in [7, 11) is 0. The molecule has 0 radical (unpaired) electrons. The smallest absolute Gasteiger partial charge is 0.254 e. The van der Waals surface area contributed by atoms with Crippen molar-refractivity contribution < 1.29 is 13.9 Å². The lowest BCUT2D eigenvalue weighted by Crippen LogP contribution is -2.31. The third-order valence-corrected chi connectivity index (χ3v) is 5.23. The van der Waals surface area contributed by atoms with Gasteiger partial charge in [-0.2, -0.15) is 0 Å². The number of likely N-dealkylation sites (tertiary alicyclic amines) is 1. The van der Waals surface area contributed by atoms with Crippen molar-refractivity contribution in [2.45, 2.75) is 25.3 Å². The monoisotopic (exact) mass is 351 g/mol. The number of ether oxygens (including phenoxy) is 1. The lowest BCUT2D eigenvalue weighted by Gasteiger charge is -2.23. The Morgan fingerprint density at radius 1 is 1.27 bits per heavy atom. The standard InChI is InChI=1S/C20H18FN3O2/c21-14-4-5-15-16(11-14)23-19(22-15)17-2-1-8-24(17)20(25)13-3-6-18-12(10-13)7-9-26-18/h3-6,10-11,17H,1-2,7-9H2,(H,22,23)/t17-/m1/s1. The number of H-pyrrole nitrogens is 1. The number of hydrogen-bond acceptors (Lipinski definition) is 3.